The third-order valence-corrected chi connectivity index (χ3v) is 4.46. The molecule has 1 saturated carbocycles. The lowest BCUT2D eigenvalue weighted by Crippen LogP contribution is -2.33. The Bertz CT molecular complexity index is 623. The Kier molecular flexibility index (Phi) is 5.87. The number of nitrogens with one attached hydrogen (secondary N) is 1. The largest absolute Gasteiger partial charge is 0.494 e. The Morgan fingerprint density at radius 1 is 1.50 bits per heavy atom. The van der Waals surface area contributed by atoms with E-state index in [0.717, 1.165) is 25.7 Å². The molecule has 0 aliphatic heterocycles. The minimum absolute atomic E-state index is 0.0695. The van der Waals surface area contributed by atoms with Gasteiger partial charge in [0.15, 0.2) is 5.75 Å². The summed E-state index contributed by atoms with van der Waals surface area (Å²) in [5.74, 6) is 0.185. The van der Waals surface area contributed by atoms with Crippen LogP contribution in [-0.4, -0.2) is 19.1 Å². The van der Waals surface area contributed by atoms with Gasteiger partial charge in [-0.2, -0.15) is 5.26 Å². The molecule has 2 rings (SSSR count). The van der Waals surface area contributed by atoms with E-state index in [1.54, 1.807) is 12.1 Å². The van der Waals surface area contributed by atoms with Crippen molar-refractivity contribution >= 4 is 39.5 Å². The number of methoxy groups -OCH3 is 1. The van der Waals surface area contributed by atoms with Crippen LogP contribution in [0.4, 0.5) is 0 Å². The highest BCUT2D eigenvalue weighted by molar-refractivity contribution is 9.10. The predicted molar refractivity (Wildman–Crippen MR) is 89.7 cm³/mol. The van der Waals surface area contributed by atoms with Crippen LogP contribution in [-0.2, 0) is 4.79 Å². The molecule has 0 heterocycles. The molecular weight excluding hydrogens is 368 g/mol. The van der Waals surface area contributed by atoms with Gasteiger partial charge < -0.3 is 10.1 Å². The van der Waals surface area contributed by atoms with Crippen LogP contribution in [0, 0.1) is 11.3 Å². The van der Waals surface area contributed by atoms with Gasteiger partial charge in [0, 0.05) is 6.04 Å². The molecule has 1 amide bonds. The normalized spacial score (nSPS) is 15.5. The highest BCUT2D eigenvalue weighted by Gasteiger charge is 2.19. The lowest BCUT2D eigenvalue weighted by atomic mass is 10.1. The summed E-state index contributed by atoms with van der Waals surface area (Å²) in [5, 5.41) is 12.5. The molecule has 1 aromatic rings. The third-order valence-electron chi connectivity index (χ3n) is 3.59. The summed E-state index contributed by atoms with van der Waals surface area (Å²) in [7, 11) is 1.53. The van der Waals surface area contributed by atoms with Gasteiger partial charge in [-0.15, -0.1) is 0 Å². The molecule has 0 radical (unpaired) electrons. The number of hydrogen-bond donors (Lipinski definition) is 1. The van der Waals surface area contributed by atoms with E-state index in [2.05, 4.69) is 21.2 Å². The van der Waals surface area contributed by atoms with Gasteiger partial charge in [-0.3, -0.25) is 4.79 Å². The molecule has 4 nitrogen and oxygen atoms in total. The zero-order chi connectivity index (χ0) is 16.1. The van der Waals surface area contributed by atoms with Gasteiger partial charge in [0.05, 0.1) is 16.6 Å². The summed E-state index contributed by atoms with van der Waals surface area (Å²) in [6.07, 6.45) is 5.73. The number of amides is 1. The first-order valence-electron chi connectivity index (χ1n) is 7.01. The third kappa shape index (κ3) is 4.02. The molecule has 0 bridgehead atoms. The molecule has 116 valence electrons. The summed E-state index contributed by atoms with van der Waals surface area (Å²) in [6.45, 7) is 0. The van der Waals surface area contributed by atoms with Crippen molar-refractivity contribution in [2.45, 2.75) is 31.7 Å². The van der Waals surface area contributed by atoms with Crippen LogP contribution in [0.2, 0.25) is 5.02 Å². The Morgan fingerprint density at radius 2 is 2.18 bits per heavy atom. The molecular formula is C16H16BrClN2O2. The molecule has 0 saturated heterocycles. The first-order valence-corrected chi connectivity index (χ1v) is 8.18. The number of carbonyl (C=O) groups is 1. The maximum absolute atomic E-state index is 12.2. The summed E-state index contributed by atoms with van der Waals surface area (Å²) in [4.78, 5) is 12.2. The number of hydrogen-bond acceptors (Lipinski definition) is 3. The number of halogens is 2. The number of nitriles is 1. The maximum atomic E-state index is 12.2. The number of ether oxygens (including phenoxy) is 1. The van der Waals surface area contributed by atoms with Gasteiger partial charge in [0.1, 0.15) is 11.6 Å². The fourth-order valence-corrected chi connectivity index (χ4v) is 3.57. The second-order valence-corrected chi connectivity index (χ2v) is 6.40. The summed E-state index contributed by atoms with van der Waals surface area (Å²) >= 11 is 9.47. The predicted octanol–water partition coefficient (Wildman–Crippen LogP) is 4.08. The average molecular weight is 384 g/mol. The molecule has 1 aliphatic rings. The van der Waals surface area contributed by atoms with Gasteiger partial charge in [0.2, 0.25) is 0 Å². The van der Waals surface area contributed by atoms with E-state index in [1.165, 1.54) is 13.2 Å². The maximum Gasteiger partial charge on any atom is 0.262 e. The minimum Gasteiger partial charge on any atom is -0.494 e. The quantitative estimate of drug-likeness (QED) is 0.629. The highest BCUT2D eigenvalue weighted by atomic mass is 79.9. The molecule has 0 unspecified atom stereocenters. The minimum atomic E-state index is -0.336. The first-order chi connectivity index (χ1) is 10.5. The molecule has 22 heavy (non-hydrogen) atoms. The van der Waals surface area contributed by atoms with Gasteiger partial charge in [-0.05, 0) is 52.5 Å². The number of rotatable bonds is 4. The van der Waals surface area contributed by atoms with Crippen molar-refractivity contribution in [1.82, 2.24) is 5.32 Å². The van der Waals surface area contributed by atoms with Gasteiger partial charge in [-0.1, -0.05) is 24.4 Å². The van der Waals surface area contributed by atoms with Crippen molar-refractivity contribution in [2.24, 2.45) is 0 Å². The molecule has 1 fully saturated rings. The summed E-state index contributed by atoms with van der Waals surface area (Å²) < 4.78 is 5.82. The van der Waals surface area contributed by atoms with Crippen LogP contribution in [0.5, 0.6) is 5.75 Å². The van der Waals surface area contributed by atoms with Crippen LogP contribution < -0.4 is 10.1 Å². The van der Waals surface area contributed by atoms with E-state index in [9.17, 15) is 10.1 Å². The van der Waals surface area contributed by atoms with E-state index in [1.807, 2.05) is 6.07 Å². The molecule has 1 aliphatic carbocycles. The van der Waals surface area contributed by atoms with Gasteiger partial charge >= 0.3 is 0 Å². The van der Waals surface area contributed by atoms with Gasteiger partial charge in [-0.25, -0.2) is 0 Å². The van der Waals surface area contributed by atoms with Crippen LogP contribution in [0.25, 0.3) is 6.08 Å². The van der Waals surface area contributed by atoms with Crippen LogP contribution in [0.1, 0.15) is 31.2 Å². The van der Waals surface area contributed by atoms with E-state index >= 15 is 0 Å². The second-order valence-electron chi connectivity index (χ2n) is 5.14. The fraction of sp³-hybridized carbons (Fsp3) is 0.375. The zero-order valence-electron chi connectivity index (χ0n) is 12.2. The zero-order valence-corrected chi connectivity index (χ0v) is 14.5. The van der Waals surface area contributed by atoms with Crippen molar-refractivity contribution in [3.8, 4) is 11.8 Å². The Morgan fingerprint density at radius 3 is 2.73 bits per heavy atom. The van der Waals surface area contributed by atoms with E-state index in [-0.39, 0.29) is 17.5 Å². The second kappa shape index (κ2) is 7.66. The molecule has 0 aromatic heterocycles. The SMILES string of the molecule is COc1c(Cl)cc(/C=C(/C#N)C(=O)NC2CCCC2)cc1Br. The number of carbonyl (C=O) groups excluding carboxylic acids is 1. The number of benzene rings is 1. The van der Waals surface area contributed by atoms with Gasteiger partial charge in [0.25, 0.3) is 5.91 Å². The fourth-order valence-electron chi connectivity index (χ4n) is 2.51. The van der Waals surface area contributed by atoms with E-state index in [4.69, 9.17) is 16.3 Å². The van der Waals surface area contributed by atoms with Crippen LogP contribution >= 0.6 is 27.5 Å². The molecule has 1 N–H and O–H groups in total. The summed E-state index contributed by atoms with van der Waals surface area (Å²) in [6, 6.07) is 5.54. The van der Waals surface area contributed by atoms with Crippen molar-refractivity contribution in [3.63, 3.8) is 0 Å². The molecule has 1 aromatic carbocycles. The molecule has 6 heteroatoms. The lowest BCUT2D eigenvalue weighted by Gasteiger charge is -2.11. The lowest BCUT2D eigenvalue weighted by molar-refractivity contribution is -0.117. The molecule has 0 spiro atoms. The summed E-state index contributed by atoms with van der Waals surface area (Å²) in [5.41, 5.74) is 0.732. The first kappa shape index (κ1) is 16.9. The van der Waals surface area contributed by atoms with Crippen LogP contribution in [0.3, 0.4) is 0 Å². The van der Waals surface area contributed by atoms with Crippen molar-refractivity contribution in [1.29, 1.82) is 5.26 Å². The monoisotopic (exact) mass is 382 g/mol. The highest BCUT2D eigenvalue weighted by Crippen LogP contribution is 2.34. The van der Waals surface area contributed by atoms with E-state index < -0.39 is 0 Å². The number of nitrogens with zero attached hydrogens (tertiary/aromatic N) is 1. The Hall–Kier alpha value is -1.51. The standard InChI is InChI=1S/C16H16BrClN2O2/c1-22-15-13(17)7-10(8-14(15)18)6-11(9-19)16(21)20-12-4-2-3-5-12/h6-8,12H,2-5H2,1H3,(H,20,21)/b11-6-. The smallest absolute Gasteiger partial charge is 0.262 e. The van der Waals surface area contributed by atoms with Crippen LogP contribution in [0.15, 0.2) is 22.2 Å². The van der Waals surface area contributed by atoms with Crippen molar-refractivity contribution < 1.29 is 9.53 Å². The average Bonchev–Trinajstić information content (AvgIpc) is 2.97. The van der Waals surface area contributed by atoms with E-state index in [0.29, 0.717) is 20.8 Å². The molecule has 0 atom stereocenters. The Labute approximate surface area is 143 Å². The van der Waals surface area contributed by atoms with Crippen molar-refractivity contribution in [2.75, 3.05) is 7.11 Å². The Balaban J connectivity index is 2.21. The topological polar surface area (TPSA) is 62.1 Å². The van der Waals surface area contributed by atoms with Crippen molar-refractivity contribution in [3.05, 3.63) is 32.8 Å².